The fraction of sp³-hybridized carbons (Fsp3) is 1.00. The first-order chi connectivity index (χ1) is 13.4. The second-order valence-corrected chi connectivity index (χ2v) is 12.1. The molecule has 1 heterocycles. The fourth-order valence-electron chi connectivity index (χ4n) is 6.09. The van der Waals surface area contributed by atoms with Crippen molar-refractivity contribution in [1.82, 2.24) is 4.81 Å². The molecule has 1 atom stereocenters. The molecule has 0 radical (unpaired) electrons. The topological polar surface area (TPSA) is 38.8 Å². The molecule has 1 saturated heterocycles. The summed E-state index contributed by atoms with van der Waals surface area (Å²) in [5.74, 6) is 1.49. The fourth-order valence-corrected chi connectivity index (χ4v) is 8.73. The van der Waals surface area contributed by atoms with Gasteiger partial charge in [-0.3, -0.25) is 4.57 Å². The van der Waals surface area contributed by atoms with E-state index in [1.54, 1.807) is 0 Å². The molecule has 2 saturated carbocycles. The van der Waals surface area contributed by atoms with E-state index in [2.05, 4.69) is 4.81 Å². The van der Waals surface area contributed by atoms with Gasteiger partial charge in [0.15, 0.2) is 0 Å². The first-order valence-electron chi connectivity index (χ1n) is 12.1. The lowest BCUT2D eigenvalue weighted by molar-refractivity contribution is 0.128. The standard InChI is InChI=1S/C22H43BNO3P/c1-18(2)26-28(25,27-19(3)4)22-16-11-17-24(22)23(20-12-7-5-8-13-20)21-14-9-6-10-15-21/h18-22H,5-17H2,1-4H3. The summed E-state index contributed by atoms with van der Waals surface area (Å²) in [5.41, 5.74) is 0. The molecule has 0 aromatic rings. The van der Waals surface area contributed by atoms with E-state index in [1.807, 2.05) is 27.7 Å². The van der Waals surface area contributed by atoms with Gasteiger partial charge in [0, 0.05) is 0 Å². The predicted molar refractivity (Wildman–Crippen MR) is 119 cm³/mol. The van der Waals surface area contributed by atoms with Crippen LogP contribution in [-0.2, 0) is 13.6 Å². The summed E-state index contributed by atoms with van der Waals surface area (Å²) in [5, 5.41) is 0. The molecule has 3 rings (SSSR count). The molecule has 1 aliphatic heterocycles. The van der Waals surface area contributed by atoms with Gasteiger partial charge < -0.3 is 13.9 Å². The molecule has 0 aromatic heterocycles. The van der Waals surface area contributed by atoms with Gasteiger partial charge in [0.1, 0.15) is 5.78 Å². The van der Waals surface area contributed by atoms with Crippen LogP contribution in [-0.4, -0.2) is 36.2 Å². The average molecular weight is 411 g/mol. The Balaban J connectivity index is 1.87. The highest BCUT2D eigenvalue weighted by molar-refractivity contribution is 7.54. The van der Waals surface area contributed by atoms with Crippen LogP contribution in [0.5, 0.6) is 0 Å². The normalized spacial score (nSPS) is 26.4. The maximum absolute atomic E-state index is 14.0. The minimum atomic E-state index is -3.17. The van der Waals surface area contributed by atoms with Crippen molar-refractivity contribution in [2.24, 2.45) is 0 Å². The van der Waals surface area contributed by atoms with Crippen molar-refractivity contribution < 1.29 is 13.6 Å². The van der Waals surface area contributed by atoms with E-state index < -0.39 is 7.60 Å². The Bertz CT molecular complexity index is 486. The maximum atomic E-state index is 14.0. The van der Waals surface area contributed by atoms with Gasteiger partial charge in [0.05, 0.1) is 12.2 Å². The van der Waals surface area contributed by atoms with E-state index >= 15 is 0 Å². The van der Waals surface area contributed by atoms with Gasteiger partial charge in [0.2, 0.25) is 6.85 Å². The number of hydrogen-bond donors (Lipinski definition) is 0. The van der Waals surface area contributed by atoms with E-state index in [0.29, 0.717) is 6.85 Å². The van der Waals surface area contributed by atoms with Crippen molar-refractivity contribution in [3.8, 4) is 0 Å². The molecule has 0 N–H and O–H groups in total. The minimum Gasteiger partial charge on any atom is -0.329 e. The van der Waals surface area contributed by atoms with E-state index in [4.69, 9.17) is 9.05 Å². The number of nitrogens with zero attached hydrogens (tertiary/aromatic N) is 1. The van der Waals surface area contributed by atoms with Crippen molar-refractivity contribution in [2.45, 2.75) is 134 Å². The Labute approximate surface area is 174 Å². The van der Waals surface area contributed by atoms with Crippen LogP contribution in [0.2, 0.25) is 11.6 Å². The lowest BCUT2D eigenvalue weighted by Gasteiger charge is -2.44. The highest BCUT2D eigenvalue weighted by Crippen LogP contribution is 2.60. The SMILES string of the molecule is CC(C)OP(=O)(OC(C)C)C1CCCN1B(C1CCCCC1)C1CCCCC1. The van der Waals surface area contributed by atoms with Gasteiger partial charge >= 0.3 is 7.60 Å². The first-order valence-corrected chi connectivity index (χ1v) is 13.7. The number of hydrogen-bond acceptors (Lipinski definition) is 4. The van der Waals surface area contributed by atoms with Crippen molar-refractivity contribution in [1.29, 1.82) is 0 Å². The summed E-state index contributed by atoms with van der Waals surface area (Å²) in [4.78, 5) is 2.64. The Morgan fingerprint density at radius 2 is 1.21 bits per heavy atom. The minimum absolute atomic E-state index is 0.0499. The first kappa shape index (κ1) is 22.9. The molecular weight excluding hydrogens is 368 g/mol. The van der Waals surface area contributed by atoms with Crippen LogP contribution in [0, 0.1) is 0 Å². The summed E-state index contributed by atoms with van der Waals surface area (Å²) < 4.78 is 26.2. The summed E-state index contributed by atoms with van der Waals surface area (Å²) in [6.45, 7) is 9.57. The molecule has 0 aromatic carbocycles. The van der Waals surface area contributed by atoms with Crippen molar-refractivity contribution in [2.75, 3.05) is 6.54 Å². The van der Waals surface area contributed by atoms with Gasteiger partial charge in [-0.1, -0.05) is 64.2 Å². The van der Waals surface area contributed by atoms with Crippen molar-refractivity contribution in [3.05, 3.63) is 0 Å². The van der Waals surface area contributed by atoms with Gasteiger partial charge in [-0.25, -0.2) is 0 Å². The largest absolute Gasteiger partial charge is 0.347 e. The molecule has 6 heteroatoms. The quantitative estimate of drug-likeness (QED) is 0.315. The van der Waals surface area contributed by atoms with E-state index in [-0.39, 0.29) is 18.0 Å². The van der Waals surface area contributed by atoms with Crippen LogP contribution in [0.4, 0.5) is 0 Å². The summed E-state index contributed by atoms with van der Waals surface area (Å²) in [7, 11) is -3.17. The Kier molecular flexibility index (Phi) is 8.54. The van der Waals surface area contributed by atoms with Gasteiger partial charge in [-0.05, 0) is 58.7 Å². The van der Waals surface area contributed by atoms with Crippen molar-refractivity contribution >= 4 is 14.4 Å². The molecule has 2 aliphatic carbocycles. The third kappa shape index (κ3) is 5.65. The Morgan fingerprint density at radius 3 is 1.64 bits per heavy atom. The molecule has 3 aliphatic rings. The molecule has 1 unspecified atom stereocenters. The molecule has 28 heavy (non-hydrogen) atoms. The second kappa shape index (κ2) is 10.5. The molecule has 0 spiro atoms. The zero-order valence-electron chi connectivity index (χ0n) is 18.8. The van der Waals surface area contributed by atoms with E-state index in [1.165, 1.54) is 64.2 Å². The van der Waals surface area contributed by atoms with Crippen LogP contribution in [0.15, 0.2) is 0 Å². The monoisotopic (exact) mass is 411 g/mol. The molecular formula is C22H43BNO3P. The third-order valence-corrected chi connectivity index (χ3v) is 9.71. The zero-order chi connectivity index (χ0) is 20.1. The molecule has 162 valence electrons. The van der Waals surface area contributed by atoms with Gasteiger partial charge in [0.25, 0.3) is 0 Å². The number of rotatable bonds is 8. The Morgan fingerprint density at radius 1 is 0.750 bits per heavy atom. The van der Waals surface area contributed by atoms with Crippen LogP contribution < -0.4 is 0 Å². The van der Waals surface area contributed by atoms with Crippen LogP contribution in [0.25, 0.3) is 0 Å². The highest BCUT2D eigenvalue weighted by atomic mass is 31.2. The average Bonchev–Trinajstić information content (AvgIpc) is 3.12. The lowest BCUT2D eigenvalue weighted by Crippen LogP contribution is -2.49. The van der Waals surface area contributed by atoms with Crippen LogP contribution >= 0.6 is 7.60 Å². The lowest BCUT2D eigenvalue weighted by atomic mass is 9.37. The summed E-state index contributed by atoms with van der Waals surface area (Å²) in [6, 6.07) is 0. The zero-order valence-corrected chi connectivity index (χ0v) is 19.7. The highest BCUT2D eigenvalue weighted by Gasteiger charge is 2.50. The third-order valence-electron chi connectivity index (χ3n) is 6.99. The van der Waals surface area contributed by atoms with Crippen LogP contribution in [0.3, 0.4) is 0 Å². The summed E-state index contributed by atoms with van der Waals surface area (Å²) in [6.07, 6.45) is 15.6. The predicted octanol–water partition coefficient (Wildman–Crippen LogP) is 7.11. The molecule has 0 bridgehead atoms. The van der Waals surface area contributed by atoms with Crippen LogP contribution in [0.1, 0.15) is 105 Å². The second-order valence-electron chi connectivity index (χ2n) is 10.00. The molecule has 0 amide bonds. The van der Waals surface area contributed by atoms with E-state index in [0.717, 1.165) is 31.0 Å². The Hall–Kier alpha value is 0.175. The van der Waals surface area contributed by atoms with Gasteiger partial charge in [-0.2, -0.15) is 0 Å². The summed E-state index contributed by atoms with van der Waals surface area (Å²) >= 11 is 0. The smallest absolute Gasteiger partial charge is 0.329 e. The van der Waals surface area contributed by atoms with Crippen molar-refractivity contribution in [3.63, 3.8) is 0 Å². The maximum Gasteiger partial charge on any atom is 0.347 e. The van der Waals surface area contributed by atoms with E-state index in [9.17, 15) is 4.57 Å². The molecule has 4 nitrogen and oxygen atoms in total. The van der Waals surface area contributed by atoms with Gasteiger partial charge in [-0.15, -0.1) is 0 Å². The molecule has 3 fully saturated rings.